The molecule has 4 nitrogen and oxygen atoms in total. The van der Waals surface area contributed by atoms with E-state index in [-0.39, 0.29) is 6.42 Å². The predicted molar refractivity (Wildman–Crippen MR) is 96.4 cm³/mol. The summed E-state index contributed by atoms with van der Waals surface area (Å²) >= 11 is 0. The van der Waals surface area contributed by atoms with Crippen molar-refractivity contribution in [2.24, 2.45) is 0 Å². The van der Waals surface area contributed by atoms with Gasteiger partial charge in [-0.25, -0.2) is 0 Å². The quantitative estimate of drug-likeness (QED) is 0.698. The number of aliphatic carboxylic acids is 1. The van der Waals surface area contributed by atoms with Gasteiger partial charge in [-0.1, -0.05) is 48.5 Å². The fraction of sp³-hybridized carbons (Fsp3) is 0.143. The molecule has 0 saturated carbocycles. The zero-order valence-corrected chi connectivity index (χ0v) is 13.8. The number of aryl methyl sites for hydroxylation is 1. The number of rotatable bonds is 7. The summed E-state index contributed by atoms with van der Waals surface area (Å²) in [7, 11) is 0. The Hall–Kier alpha value is -3.14. The van der Waals surface area contributed by atoms with Crippen LogP contribution >= 0.6 is 0 Å². The predicted octanol–water partition coefficient (Wildman–Crippen LogP) is 4.34. The van der Waals surface area contributed by atoms with Crippen molar-refractivity contribution in [2.45, 2.75) is 19.4 Å². The lowest BCUT2D eigenvalue weighted by Gasteiger charge is -2.08. The molecule has 0 amide bonds. The van der Waals surface area contributed by atoms with Crippen LogP contribution in [-0.4, -0.2) is 16.1 Å². The zero-order chi connectivity index (χ0) is 17.5. The zero-order valence-electron chi connectivity index (χ0n) is 13.8. The van der Waals surface area contributed by atoms with Gasteiger partial charge < -0.3 is 9.84 Å². The lowest BCUT2D eigenvalue weighted by atomic mass is 10.1. The first kappa shape index (κ1) is 16.7. The van der Waals surface area contributed by atoms with Crippen molar-refractivity contribution < 1.29 is 14.6 Å². The molecular formula is C21H19NO3. The maximum absolute atomic E-state index is 10.6. The number of carboxylic acids is 1. The first-order valence-corrected chi connectivity index (χ1v) is 8.14. The molecule has 1 aromatic heterocycles. The second kappa shape index (κ2) is 8.11. The van der Waals surface area contributed by atoms with Crippen molar-refractivity contribution in [1.82, 2.24) is 4.98 Å². The Kier molecular flexibility index (Phi) is 5.42. The second-order valence-corrected chi connectivity index (χ2v) is 5.75. The second-order valence-electron chi connectivity index (χ2n) is 5.75. The molecule has 0 aliphatic carbocycles. The molecule has 0 atom stereocenters. The molecule has 2 aromatic carbocycles. The first-order chi connectivity index (χ1) is 12.2. The van der Waals surface area contributed by atoms with Gasteiger partial charge in [-0.2, -0.15) is 0 Å². The van der Waals surface area contributed by atoms with E-state index in [1.54, 1.807) is 6.20 Å². The molecule has 3 rings (SSSR count). The SMILES string of the molecule is O=C(O)CCc1ccc(-c2cccc(OCc3ccccc3)c2)nc1. The molecule has 0 saturated heterocycles. The van der Waals surface area contributed by atoms with Crippen LogP contribution in [0.25, 0.3) is 11.3 Å². The Morgan fingerprint density at radius 2 is 1.80 bits per heavy atom. The van der Waals surface area contributed by atoms with Crippen molar-refractivity contribution in [3.63, 3.8) is 0 Å². The Balaban J connectivity index is 1.67. The largest absolute Gasteiger partial charge is 0.489 e. The number of hydrogen-bond acceptors (Lipinski definition) is 3. The van der Waals surface area contributed by atoms with Gasteiger partial charge in [0.15, 0.2) is 0 Å². The maximum Gasteiger partial charge on any atom is 0.303 e. The van der Waals surface area contributed by atoms with E-state index >= 15 is 0 Å². The minimum atomic E-state index is -0.799. The lowest BCUT2D eigenvalue weighted by molar-refractivity contribution is -0.136. The summed E-state index contributed by atoms with van der Waals surface area (Å²) in [6.45, 7) is 0.520. The summed E-state index contributed by atoms with van der Waals surface area (Å²) in [5, 5.41) is 8.74. The molecule has 25 heavy (non-hydrogen) atoms. The standard InChI is InChI=1S/C21H19NO3/c23-21(24)12-10-16-9-11-20(22-14-16)18-7-4-8-19(13-18)25-15-17-5-2-1-3-6-17/h1-9,11,13-14H,10,12,15H2,(H,23,24). The van der Waals surface area contributed by atoms with Crippen molar-refractivity contribution in [1.29, 1.82) is 0 Å². The maximum atomic E-state index is 10.6. The van der Waals surface area contributed by atoms with Crippen molar-refractivity contribution in [2.75, 3.05) is 0 Å². The third-order valence-corrected chi connectivity index (χ3v) is 3.83. The molecule has 0 aliphatic heterocycles. The number of hydrogen-bond donors (Lipinski definition) is 1. The molecule has 1 N–H and O–H groups in total. The average molecular weight is 333 g/mol. The molecular weight excluding hydrogens is 314 g/mol. The fourth-order valence-corrected chi connectivity index (χ4v) is 2.48. The molecule has 0 aliphatic rings. The van der Waals surface area contributed by atoms with Gasteiger partial charge in [0.2, 0.25) is 0 Å². The molecule has 0 spiro atoms. The van der Waals surface area contributed by atoms with E-state index in [0.29, 0.717) is 13.0 Å². The van der Waals surface area contributed by atoms with Gasteiger partial charge in [0, 0.05) is 18.2 Å². The van der Waals surface area contributed by atoms with Crippen LogP contribution in [0.15, 0.2) is 72.9 Å². The molecule has 126 valence electrons. The third kappa shape index (κ3) is 4.91. The summed E-state index contributed by atoms with van der Waals surface area (Å²) < 4.78 is 5.85. The van der Waals surface area contributed by atoms with Gasteiger partial charge in [0.1, 0.15) is 12.4 Å². The molecule has 0 bridgehead atoms. The summed E-state index contributed by atoms with van der Waals surface area (Å²) in [5.41, 5.74) is 3.84. The highest BCUT2D eigenvalue weighted by Gasteiger charge is 2.04. The van der Waals surface area contributed by atoms with Crippen LogP contribution in [-0.2, 0) is 17.8 Å². The van der Waals surface area contributed by atoms with Crippen molar-refractivity contribution in [3.8, 4) is 17.0 Å². The molecule has 0 unspecified atom stereocenters. The van der Waals surface area contributed by atoms with Gasteiger partial charge in [0.25, 0.3) is 0 Å². The molecule has 1 heterocycles. The summed E-state index contributed by atoms with van der Waals surface area (Å²) in [4.78, 5) is 15.1. The molecule has 0 fully saturated rings. The van der Waals surface area contributed by atoms with Crippen LogP contribution in [0.2, 0.25) is 0 Å². The van der Waals surface area contributed by atoms with E-state index in [0.717, 1.165) is 28.1 Å². The van der Waals surface area contributed by atoms with Crippen LogP contribution in [0.4, 0.5) is 0 Å². The van der Waals surface area contributed by atoms with E-state index in [1.807, 2.05) is 66.7 Å². The monoisotopic (exact) mass is 333 g/mol. The Labute approximate surface area is 146 Å². The lowest BCUT2D eigenvalue weighted by Crippen LogP contribution is -1.98. The minimum Gasteiger partial charge on any atom is -0.489 e. The van der Waals surface area contributed by atoms with Gasteiger partial charge >= 0.3 is 5.97 Å². The molecule has 4 heteroatoms. The Morgan fingerprint density at radius 3 is 2.52 bits per heavy atom. The highest BCUT2D eigenvalue weighted by atomic mass is 16.5. The summed E-state index contributed by atoms with van der Waals surface area (Å²) in [5.74, 6) is -0.00884. The minimum absolute atomic E-state index is 0.115. The fourth-order valence-electron chi connectivity index (χ4n) is 2.48. The number of pyridine rings is 1. The van der Waals surface area contributed by atoms with Crippen LogP contribution in [0.3, 0.4) is 0 Å². The van der Waals surface area contributed by atoms with E-state index in [4.69, 9.17) is 9.84 Å². The highest BCUT2D eigenvalue weighted by Crippen LogP contribution is 2.23. The first-order valence-electron chi connectivity index (χ1n) is 8.14. The number of carbonyl (C=O) groups is 1. The van der Waals surface area contributed by atoms with Gasteiger partial charge in [-0.3, -0.25) is 9.78 Å². The number of carboxylic acid groups (broad SMARTS) is 1. The third-order valence-electron chi connectivity index (χ3n) is 3.83. The van der Waals surface area contributed by atoms with Crippen LogP contribution < -0.4 is 4.74 Å². The average Bonchev–Trinajstić information content (AvgIpc) is 2.66. The molecule has 3 aromatic rings. The smallest absolute Gasteiger partial charge is 0.303 e. The number of aromatic nitrogens is 1. The van der Waals surface area contributed by atoms with Crippen LogP contribution in [0.5, 0.6) is 5.75 Å². The van der Waals surface area contributed by atoms with Gasteiger partial charge in [-0.15, -0.1) is 0 Å². The van der Waals surface area contributed by atoms with Crippen LogP contribution in [0, 0.1) is 0 Å². The van der Waals surface area contributed by atoms with E-state index in [1.165, 1.54) is 0 Å². The number of nitrogens with zero attached hydrogens (tertiary/aromatic N) is 1. The normalized spacial score (nSPS) is 10.4. The topological polar surface area (TPSA) is 59.4 Å². The molecule has 0 radical (unpaired) electrons. The van der Waals surface area contributed by atoms with E-state index in [2.05, 4.69) is 4.98 Å². The van der Waals surface area contributed by atoms with Gasteiger partial charge in [-0.05, 0) is 35.7 Å². The Bertz CT molecular complexity index is 829. The summed E-state index contributed by atoms with van der Waals surface area (Å²) in [6, 6.07) is 21.7. The Morgan fingerprint density at radius 1 is 0.960 bits per heavy atom. The van der Waals surface area contributed by atoms with Crippen molar-refractivity contribution in [3.05, 3.63) is 84.1 Å². The van der Waals surface area contributed by atoms with E-state index < -0.39 is 5.97 Å². The van der Waals surface area contributed by atoms with Gasteiger partial charge in [0.05, 0.1) is 5.69 Å². The number of ether oxygens (including phenoxy) is 1. The van der Waals surface area contributed by atoms with Crippen LogP contribution in [0.1, 0.15) is 17.5 Å². The number of benzene rings is 2. The summed E-state index contributed by atoms with van der Waals surface area (Å²) in [6.07, 6.45) is 2.34. The van der Waals surface area contributed by atoms with Crippen molar-refractivity contribution >= 4 is 5.97 Å². The highest BCUT2D eigenvalue weighted by molar-refractivity contribution is 5.67. The van der Waals surface area contributed by atoms with E-state index in [9.17, 15) is 4.79 Å².